The Balaban J connectivity index is 1.55. The van der Waals surface area contributed by atoms with Gasteiger partial charge in [-0.15, -0.1) is 0 Å². The van der Waals surface area contributed by atoms with E-state index in [9.17, 15) is 8.78 Å². The van der Waals surface area contributed by atoms with Gasteiger partial charge in [0.25, 0.3) is 0 Å². The number of pyridine rings is 1. The zero-order valence-electron chi connectivity index (χ0n) is 14.9. The van der Waals surface area contributed by atoms with Crippen LogP contribution in [0.3, 0.4) is 0 Å². The fourth-order valence-corrected chi connectivity index (χ4v) is 3.01. The van der Waals surface area contributed by atoms with Gasteiger partial charge in [-0.2, -0.15) is 5.26 Å². The third-order valence-corrected chi connectivity index (χ3v) is 4.42. The number of aromatic nitrogens is 1. The molecule has 0 radical (unpaired) electrons. The zero-order chi connectivity index (χ0) is 19.2. The molecular formula is C19H20F2N6. The van der Waals surface area contributed by atoms with Gasteiger partial charge in [0.1, 0.15) is 5.82 Å². The van der Waals surface area contributed by atoms with Crippen molar-refractivity contribution in [3.63, 3.8) is 0 Å². The zero-order valence-corrected chi connectivity index (χ0v) is 14.9. The van der Waals surface area contributed by atoms with Crippen LogP contribution < -0.4 is 15.5 Å². The second-order valence-electron chi connectivity index (χ2n) is 6.23. The molecule has 1 saturated heterocycles. The highest BCUT2D eigenvalue weighted by atomic mass is 19.1. The van der Waals surface area contributed by atoms with Gasteiger partial charge in [-0.3, -0.25) is 4.99 Å². The van der Waals surface area contributed by atoms with E-state index in [1.165, 1.54) is 12.1 Å². The van der Waals surface area contributed by atoms with Crippen molar-refractivity contribution in [1.82, 2.24) is 15.6 Å². The fraction of sp³-hybridized carbons (Fsp3) is 0.316. The molecule has 1 unspecified atom stereocenters. The summed E-state index contributed by atoms with van der Waals surface area (Å²) in [5, 5.41) is 15.1. The Hall–Kier alpha value is -3.21. The lowest BCUT2D eigenvalue weighted by molar-refractivity contribution is 0.599. The number of anilines is 1. The predicted molar refractivity (Wildman–Crippen MR) is 99.3 cm³/mol. The lowest BCUT2D eigenvalue weighted by Crippen LogP contribution is -2.44. The molecule has 1 atom stereocenters. The maximum absolute atomic E-state index is 14.0. The Morgan fingerprint density at radius 1 is 1.37 bits per heavy atom. The molecule has 140 valence electrons. The Kier molecular flexibility index (Phi) is 5.81. The smallest absolute Gasteiger partial charge is 0.191 e. The molecule has 1 aliphatic heterocycles. The first-order chi connectivity index (χ1) is 13.1. The van der Waals surface area contributed by atoms with Crippen LogP contribution in [-0.2, 0) is 6.54 Å². The summed E-state index contributed by atoms with van der Waals surface area (Å²) in [4.78, 5) is 10.2. The molecule has 1 fully saturated rings. The molecule has 0 bridgehead atoms. The van der Waals surface area contributed by atoms with Crippen molar-refractivity contribution in [3.05, 3.63) is 59.3 Å². The van der Waals surface area contributed by atoms with Gasteiger partial charge >= 0.3 is 0 Å². The van der Waals surface area contributed by atoms with Crippen molar-refractivity contribution in [2.45, 2.75) is 19.0 Å². The molecular weight excluding hydrogens is 350 g/mol. The number of halogens is 2. The van der Waals surface area contributed by atoms with E-state index in [2.05, 4.69) is 20.6 Å². The summed E-state index contributed by atoms with van der Waals surface area (Å²) in [6, 6.07) is 9.31. The summed E-state index contributed by atoms with van der Waals surface area (Å²) in [6.45, 7) is 1.52. The summed E-state index contributed by atoms with van der Waals surface area (Å²) in [5.41, 5.74) is 0.729. The van der Waals surface area contributed by atoms with Crippen LogP contribution in [0.25, 0.3) is 0 Å². The monoisotopic (exact) mass is 370 g/mol. The molecule has 1 aliphatic rings. The Bertz CT molecular complexity index is 877. The Morgan fingerprint density at radius 3 is 2.93 bits per heavy atom. The van der Waals surface area contributed by atoms with E-state index in [0.717, 1.165) is 6.42 Å². The molecule has 1 aromatic heterocycles. The third-order valence-electron chi connectivity index (χ3n) is 4.42. The minimum atomic E-state index is -0.435. The van der Waals surface area contributed by atoms with Crippen LogP contribution in [0.15, 0.2) is 41.5 Å². The van der Waals surface area contributed by atoms with Crippen molar-refractivity contribution in [1.29, 1.82) is 5.26 Å². The number of aliphatic imine (C=N–C) groups is 1. The lowest BCUT2D eigenvalue weighted by Gasteiger charge is -2.20. The molecule has 0 spiro atoms. The highest BCUT2D eigenvalue weighted by molar-refractivity contribution is 5.80. The van der Waals surface area contributed by atoms with Gasteiger partial charge in [0, 0.05) is 44.5 Å². The molecule has 1 aromatic carbocycles. The number of nitrogens with zero attached hydrogens (tertiary/aromatic N) is 4. The van der Waals surface area contributed by atoms with E-state index in [-0.39, 0.29) is 24.0 Å². The molecule has 0 saturated carbocycles. The first-order valence-electron chi connectivity index (χ1n) is 8.62. The van der Waals surface area contributed by atoms with Crippen molar-refractivity contribution in [3.8, 4) is 6.07 Å². The van der Waals surface area contributed by atoms with Crippen LogP contribution in [-0.4, -0.2) is 37.1 Å². The molecule has 6 nitrogen and oxygen atoms in total. The average Bonchev–Trinajstić information content (AvgIpc) is 3.14. The minimum absolute atomic E-state index is 0.0726. The molecule has 0 aliphatic carbocycles. The summed E-state index contributed by atoms with van der Waals surface area (Å²) in [5.74, 6) is 0.114. The summed E-state index contributed by atoms with van der Waals surface area (Å²) in [6.07, 6.45) is 2.38. The van der Waals surface area contributed by atoms with Gasteiger partial charge in [0.15, 0.2) is 17.6 Å². The minimum Gasteiger partial charge on any atom is -0.352 e. The number of rotatable bonds is 4. The van der Waals surface area contributed by atoms with Crippen molar-refractivity contribution < 1.29 is 8.78 Å². The number of guanidine groups is 1. The molecule has 2 N–H and O–H groups in total. The van der Waals surface area contributed by atoms with Crippen LogP contribution in [0.2, 0.25) is 0 Å². The average molecular weight is 370 g/mol. The standard InChI is InChI=1S/C19H20F2N6/c1-23-19(25-11-14-5-4-13(10-22)9-17(14)21)26-15-6-8-27(12-15)18-16(20)3-2-7-24-18/h2-5,7,9,15H,6,8,11-12H2,1H3,(H2,23,25,26). The van der Waals surface area contributed by atoms with Crippen molar-refractivity contribution in [2.24, 2.45) is 4.99 Å². The molecule has 8 heteroatoms. The first kappa shape index (κ1) is 18.6. The largest absolute Gasteiger partial charge is 0.352 e. The van der Waals surface area contributed by atoms with Crippen LogP contribution in [0.4, 0.5) is 14.6 Å². The van der Waals surface area contributed by atoms with E-state index in [0.29, 0.717) is 30.4 Å². The van der Waals surface area contributed by atoms with Gasteiger partial charge in [-0.1, -0.05) is 6.07 Å². The van der Waals surface area contributed by atoms with Crippen molar-refractivity contribution in [2.75, 3.05) is 25.0 Å². The van der Waals surface area contributed by atoms with Gasteiger partial charge < -0.3 is 15.5 Å². The summed E-state index contributed by atoms with van der Waals surface area (Å²) < 4.78 is 27.9. The summed E-state index contributed by atoms with van der Waals surface area (Å²) >= 11 is 0. The number of nitrogens with one attached hydrogen (secondary N) is 2. The second-order valence-corrected chi connectivity index (χ2v) is 6.23. The van der Waals surface area contributed by atoms with Gasteiger partial charge in [-0.25, -0.2) is 13.8 Å². The highest BCUT2D eigenvalue weighted by Gasteiger charge is 2.25. The van der Waals surface area contributed by atoms with Crippen LogP contribution in [0.1, 0.15) is 17.5 Å². The molecule has 2 heterocycles. The maximum Gasteiger partial charge on any atom is 0.191 e. The Morgan fingerprint density at radius 2 is 2.22 bits per heavy atom. The van der Waals surface area contributed by atoms with Crippen molar-refractivity contribution >= 4 is 11.8 Å². The van der Waals surface area contributed by atoms with Gasteiger partial charge in [-0.05, 0) is 30.7 Å². The number of hydrogen-bond acceptors (Lipinski definition) is 4. The predicted octanol–water partition coefficient (Wildman–Crippen LogP) is 2.18. The highest BCUT2D eigenvalue weighted by Crippen LogP contribution is 2.20. The van der Waals surface area contributed by atoms with Crippen LogP contribution in [0.5, 0.6) is 0 Å². The third kappa shape index (κ3) is 4.50. The van der Waals surface area contributed by atoms with E-state index in [1.807, 2.05) is 11.0 Å². The van der Waals surface area contributed by atoms with E-state index >= 15 is 0 Å². The van der Waals surface area contributed by atoms with Crippen LogP contribution in [0, 0.1) is 23.0 Å². The van der Waals surface area contributed by atoms with Crippen LogP contribution >= 0.6 is 0 Å². The normalized spacial score (nSPS) is 16.9. The quantitative estimate of drug-likeness (QED) is 0.637. The summed E-state index contributed by atoms with van der Waals surface area (Å²) in [7, 11) is 1.63. The second kappa shape index (κ2) is 8.45. The number of nitriles is 1. The van der Waals surface area contributed by atoms with Gasteiger partial charge in [0.05, 0.1) is 11.6 Å². The van der Waals surface area contributed by atoms with E-state index in [4.69, 9.17) is 5.26 Å². The van der Waals surface area contributed by atoms with E-state index in [1.54, 1.807) is 31.4 Å². The first-order valence-corrected chi connectivity index (χ1v) is 8.62. The van der Waals surface area contributed by atoms with E-state index < -0.39 is 5.82 Å². The molecule has 0 amide bonds. The molecule has 2 aromatic rings. The number of hydrogen-bond donors (Lipinski definition) is 2. The lowest BCUT2D eigenvalue weighted by atomic mass is 10.1. The maximum atomic E-state index is 14.0. The fourth-order valence-electron chi connectivity index (χ4n) is 3.01. The number of benzene rings is 1. The van der Waals surface area contributed by atoms with Gasteiger partial charge in [0.2, 0.25) is 0 Å². The molecule has 27 heavy (non-hydrogen) atoms. The topological polar surface area (TPSA) is 76.3 Å². The Labute approximate surface area is 156 Å². The molecule has 3 rings (SSSR count). The SMILES string of the molecule is CN=C(NCc1ccc(C#N)cc1F)NC1CCN(c2ncccc2F)C1.